The minimum Gasteiger partial charge on any atom is -0.383 e. The molecule has 2 aliphatic carbocycles. The molecular weight excluding hydrogens is 485 g/mol. The Bertz CT molecular complexity index is 1260. The summed E-state index contributed by atoms with van der Waals surface area (Å²) in [5.41, 5.74) is 11.8. The summed E-state index contributed by atoms with van der Waals surface area (Å²) in [5, 5.41) is 8.09. The molecule has 3 N–H and O–H groups in total. The number of nitrogen functional groups attached to an aromatic ring is 1. The fourth-order valence-corrected chi connectivity index (χ4v) is 4.76. The Morgan fingerprint density at radius 1 is 1.33 bits per heavy atom. The van der Waals surface area contributed by atoms with E-state index in [9.17, 15) is 4.39 Å². The lowest BCUT2D eigenvalue weighted by atomic mass is 9.99. The van der Waals surface area contributed by atoms with Gasteiger partial charge in [-0.2, -0.15) is 9.61 Å². The molecule has 0 saturated heterocycles. The summed E-state index contributed by atoms with van der Waals surface area (Å²) >= 11 is 3.61. The molecule has 2 aliphatic rings. The summed E-state index contributed by atoms with van der Waals surface area (Å²) in [7, 11) is 1.72. The van der Waals surface area contributed by atoms with Gasteiger partial charge in [0.1, 0.15) is 11.6 Å². The van der Waals surface area contributed by atoms with Gasteiger partial charge in [0.25, 0.3) is 0 Å². The van der Waals surface area contributed by atoms with Crippen LogP contribution in [-0.2, 0) is 17.7 Å². The van der Waals surface area contributed by atoms with Crippen molar-refractivity contribution in [2.24, 2.45) is 0 Å². The number of benzene rings is 1. The Kier molecular flexibility index (Phi) is 6.07. The first kappa shape index (κ1) is 22.3. The monoisotopic (exact) mass is 511 g/mol. The van der Waals surface area contributed by atoms with Gasteiger partial charge in [0.2, 0.25) is 0 Å². The molecular formula is C25H27BrFN5O. The number of halogens is 2. The number of hydrogen-bond acceptors (Lipinski definition) is 5. The number of fused-ring (bicyclic) bond motifs is 2. The van der Waals surface area contributed by atoms with Crippen LogP contribution in [0.5, 0.6) is 0 Å². The number of aryl methyl sites for hydroxylation is 1. The Balaban J connectivity index is 1.57. The van der Waals surface area contributed by atoms with Crippen molar-refractivity contribution in [2.45, 2.75) is 44.2 Å². The molecule has 172 valence electrons. The van der Waals surface area contributed by atoms with Crippen molar-refractivity contribution in [1.82, 2.24) is 19.9 Å². The average Bonchev–Trinajstić information content (AvgIpc) is 3.40. The van der Waals surface area contributed by atoms with Gasteiger partial charge in [0.05, 0.1) is 23.0 Å². The van der Waals surface area contributed by atoms with E-state index in [4.69, 9.17) is 15.5 Å². The van der Waals surface area contributed by atoms with Crippen LogP contribution >= 0.6 is 15.9 Å². The zero-order valence-electron chi connectivity index (χ0n) is 18.6. The Morgan fingerprint density at radius 2 is 2.18 bits per heavy atom. The fraction of sp³-hybridized carbons (Fsp3) is 0.360. The molecule has 0 atom stereocenters. The number of anilines is 1. The van der Waals surface area contributed by atoms with E-state index in [0.29, 0.717) is 24.6 Å². The first-order valence-electron chi connectivity index (χ1n) is 11.2. The second-order valence-electron chi connectivity index (χ2n) is 8.86. The normalized spacial score (nSPS) is 17.2. The second kappa shape index (κ2) is 9.00. The van der Waals surface area contributed by atoms with E-state index in [1.54, 1.807) is 23.9 Å². The van der Waals surface area contributed by atoms with Crippen molar-refractivity contribution in [3.05, 3.63) is 69.2 Å². The first-order chi connectivity index (χ1) is 16.0. The summed E-state index contributed by atoms with van der Waals surface area (Å²) in [4.78, 5) is 4.93. The van der Waals surface area contributed by atoms with Crippen molar-refractivity contribution in [1.29, 1.82) is 0 Å². The summed E-state index contributed by atoms with van der Waals surface area (Å²) in [6.45, 7) is 1.24. The zero-order valence-corrected chi connectivity index (χ0v) is 20.2. The lowest BCUT2D eigenvalue weighted by Crippen LogP contribution is -2.35. The van der Waals surface area contributed by atoms with Crippen LogP contribution in [0.15, 0.2) is 41.0 Å². The van der Waals surface area contributed by atoms with Crippen LogP contribution in [0.4, 0.5) is 10.2 Å². The van der Waals surface area contributed by atoms with E-state index in [0.717, 1.165) is 64.5 Å². The highest BCUT2D eigenvalue weighted by Crippen LogP contribution is 2.37. The lowest BCUT2D eigenvalue weighted by Gasteiger charge is -2.17. The summed E-state index contributed by atoms with van der Waals surface area (Å²) in [5.74, 6) is 0.260. The Hall–Kier alpha value is -2.55. The van der Waals surface area contributed by atoms with Crippen molar-refractivity contribution in [2.75, 3.05) is 19.5 Å². The molecule has 0 aliphatic heterocycles. The number of nitrogens with two attached hydrogens (primary N) is 1. The summed E-state index contributed by atoms with van der Waals surface area (Å²) < 4.78 is 21.8. The van der Waals surface area contributed by atoms with Gasteiger partial charge in [-0.15, -0.1) is 0 Å². The van der Waals surface area contributed by atoms with Crippen LogP contribution in [0.2, 0.25) is 0 Å². The maximum atomic E-state index is 14.0. The van der Waals surface area contributed by atoms with Crippen LogP contribution in [0, 0.1) is 5.82 Å². The van der Waals surface area contributed by atoms with Gasteiger partial charge in [-0.05, 0) is 82.9 Å². The molecule has 5 rings (SSSR count). The third-order valence-corrected chi connectivity index (χ3v) is 7.30. The SMILES string of the molecule is COCC1(NCc2nc3c(C4=Cc5cc(F)ccc5CCCC=C4)cnn3c(N)c2Br)CC1. The smallest absolute Gasteiger partial charge is 0.165 e. The molecule has 6 nitrogen and oxygen atoms in total. The number of methoxy groups -OCH3 is 1. The number of ether oxygens (including phenoxy) is 1. The van der Waals surface area contributed by atoms with E-state index < -0.39 is 0 Å². The van der Waals surface area contributed by atoms with Gasteiger partial charge < -0.3 is 15.8 Å². The average molecular weight is 512 g/mol. The molecule has 2 aromatic heterocycles. The standard InChI is InChI=1S/C25H27BrFN5O/c1-33-15-25(9-10-25)29-14-21-22(26)23(28)32-24(31-21)20(13-30-32)17-6-4-2-3-5-16-7-8-19(27)12-18(16)11-17/h4,6-8,11-13,29H,2-3,5,9-10,14-15,28H2,1H3. The van der Waals surface area contributed by atoms with Gasteiger partial charge >= 0.3 is 0 Å². The summed E-state index contributed by atoms with van der Waals surface area (Å²) in [6.07, 6.45) is 13.1. The van der Waals surface area contributed by atoms with E-state index in [-0.39, 0.29) is 11.4 Å². The molecule has 0 bridgehead atoms. The van der Waals surface area contributed by atoms with E-state index >= 15 is 0 Å². The predicted molar refractivity (Wildman–Crippen MR) is 132 cm³/mol. The fourth-order valence-electron chi connectivity index (χ4n) is 4.37. The quantitative estimate of drug-likeness (QED) is 0.491. The molecule has 8 heteroatoms. The van der Waals surface area contributed by atoms with Crippen LogP contribution in [0.25, 0.3) is 17.3 Å². The first-order valence-corrected chi connectivity index (χ1v) is 12.0. The van der Waals surface area contributed by atoms with E-state index in [1.165, 1.54) is 6.07 Å². The molecule has 0 amide bonds. The van der Waals surface area contributed by atoms with Gasteiger partial charge in [-0.25, -0.2) is 9.37 Å². The third kappa shape index (κ3) is 4.47. The van der Waals surface area contributed by atoms with Crippen LogP contribution < -0.4 is 11.1 Å². The Labute approximate surface area is 200 Å². The largest absolute Gasteiger partial charge is 0.383 e. The number of nitrogens with one attached hydrogen (secondary N) is 1. The highest BCUT2D eigenvalue weighted by Gasteiger charge is 2.42. The van der Waals surface area contributed by atoms with Gasteiger partial charge in [-0.3, -0.25) is 0 Å². The van der Waals surface area contributed by atoms with Crippen molar-refractivity contribution < 1.29 is 9.13 Å². The van der Waals surface area contributed by atoms with Crippen molar-refractivity contribution in [3.8, 4) is 0 Å². The highest BCUT2D eigenvalue weighted by atomic mass is 79.9. The topological polar surface area (TPSA) is 77.5 Å². The third-order valence-electron chi connectivity index (χ3n) is 6.44. The van der Waals surface area contributed by atoms with Crippen LogP contribution in [0.1, 0.15) is 48.1 Å². The van der Waals surface area contributed by atoms with Crippen LogP contribution in [0.3, 0.4) is 0 Å². The van der Waals surface area contributed by atoms with Crippen LogP contribution in [-0.4, -0.2) is 33.9 Å². The molecule has 0 radical (unpaired) electrons. The molecule has 0 spiro atoms. The molecule has 33 heavy (non-hydrogen) atoms. The lowest BCUT2D eigenvalue weighted by molar-refractivity contribution is 0.156. The predicted octanol–water partition coefficient (Wildman–Crippen LogP) is 4.91. The maximum absolute atomic E-state index is 14.0. The number of hydrogen-bond donors (Lipinski definition) is 2. The van der Waals surface area contributed by atoms with E-state index in [1.807, 2.05) is 12.1 Å². The zero-order chi connectivity index (χ0) is 23.0. The number of nitrogens with zero attached hydrogens (tertiary/aromatic N) is 3. The van der Waals surface area contributed by atoms with Gasteiger partial charge in [0.15, 0.2) is 5.65 Å². The molecule has 1 aromatic carbocycles. The second-order valence-corrected chi connectivity index (χ2v) is 9.65. The van der Waals surface area contributed by atoms with Crippen molar-refractivity contribution >= 4 is 39.0 Å². The number of rotatable bonds is 6. The molecule has 1 saturated carbocycles. The number of aromatic nitrogens is 3. The molecule has 2 heterocycles. The molecule has 1 fully saturated rings. The highest BCUT2D eigenvalue weighted by molar-refractivity contribution is 9.10. The minimum atomic E-state index is -0.239. The van der Waals surface area contributed by atoms with Gasteiger partial charge in [-0.1, -0.05) is 18.2 Å². The Morgan fingerprint density at radius 3 is 2.97 bits per heavy atom. The van der Waals surface area contributed by atoms with Gasteiger partial charge in [0, 0.05) is 24.8 Å². The molecule has 3 aromatic rings. The van der Waals surface area contributed by atoms with Crippen molar-refractivity contribution in [3.63, 3.8) is 0 Å². The van der Waals surface area contributed by atoms with E-state index in [2.05, 4.69) is 38.5 Å². The molecule has 0 unspecified atom stereocenters. The maximum Gasteiger partial charge on any atom is 0.165 e. The number of allylic oxidation sites excluding steroid dienone is 3. The summed E-state index contributed by atoms with van der Waals surface area (Å²) in [6, 6.07) is 5.01. The minimum absolute atomic E-state index is 0.0245.